The molecular weight excluding hydrogens is 442 g/mol. The van der Waals surface area contributed by atoms with Crippen LogP contribution in [-0.4, -0.2) is 33.9 Å². The average Bonchev–Trinajstić information content (AvgIpc) is 3.30. The molecule has 0 spiro atoms. The third-order valence-electron chi connectivity index (χ3n) is 5.59. The number of aromatic nitrogens is 3. The van der Waals surface area contributed by atoms with Crippen molar-refractivity contribution in [3.8, 4) is 34.5 Å². The number of hydrogen-bond donors (Lipinski definition) is 2. The minimum atomic E-state index is -0.246. The lowest BCUT2D eigenvalue weighted by atomic mass is 10.0. The Kier molecular flexibility index (Phi) is 5.81. The zero-order valence-electron chi connectivity index (χ0n) is 19.3. The van der Waals surface area contributed by atoms with Crippen molar-refractivity contribution in [3.63, 3.8) is 0 Å². The van der Waals surface area contributed by atoms with Gasteiger partial charge in [0.1, 0.15) is 19.0 Å². The molecule has 8 heteroatoms. The van der Waals surface area contributed by atoms with Crippen LogP contribution in [0, 0.1) is 18.8 Å². The molecule has 3 heterocycles. The summed E-state index contributed by atoms with van der Waals surface area (Å²) in [6, 6.07) is 12.6. The first-order chi connectivity index (χ1) is 17.0. The summed E-state index contributed by atoms with van der Waals surface area (Å²) in [6.07, 6.45) is 5.36. The zero-order chi connectivity index (χ0) is 24.4. The molecule has 0 radical (unpaired) electrons. The first-order valence-corrected chi connectivity index (χ1v) is 11.0. The standard InChI is InChI=1S/C27H23N5O3/c1-17-3-4-20(27(33)31-23-7-8-24-25(13-23)35-10-9-34-24)11-18(17)5-6-19-12-21(14-29-26(19)28)22-15-30-32(2)16-22/h3-4,7-8,11-16H,9-10H2,1-2H3,(H2,28,29)(H,31,33). The fourth-order valence-corrected chi connectivity index (χ4v) is 3.66. The maximum absolute atomic E-state index is 12.9. The molecule has 1 amide bonds. The maximum Gasteiger partial charge on any atom is 0.255 e. The molecule has 4 aromatic rings. The summed E-state index contributed by atoms with van der Waals surface area (Å²) in [5, 5.41) is 7.10. The highest BCUT2D eigenvalue weighted by Gasteiger charge is 2.14. The van der Waals surface area contributed by atoms with Crippen LogP contribution in [-0.2, 0) is 7.05 Å². The van der Waals surface area contributed by atoms with Gasteiger partial charge in [-0.15, -0.1) is 0 Å². The van der Waals surface area contributed by atoms with E-state index in [1.807, 2.05) is 32.3 Å². The van der Waals surface area contributed by atoms with E-state index < -0.39 is 0 Å². The molecule has 1 aliphatic rings. The van der Waals surface area contributed by atoms with Crippen molar-refractivity contribution in [2.45, 2.75) is 6.92 Å². The summed E-state index contributed by atoms with van der Waals surface area (Å²) >= 11 is 0. The van der Waals surface area contributed by atoms with Crippen molar-refractivity contribution < 1.29 is 14.3 Å². The number of benzene rings is 2. The number of amides is 1. The number of pyridine rings is 1. The van der Waals surface area contributed by atoms with Crippen molar-refractivity contribution in [1.82, 2.24) is 14.8 Å². The van der Waals surface area contributed by atoms with Gasteiger partial charge < -0.3 is 20.5 Å². The number of fused-ring (bicyclic) bond motifs is 1. The van der Waals surface area contributed by atoms with Crippen LogP contribution in [0.4, 0.5) is 11.5 Å². The molecule has 1 aliphatic heterocycles. The minimum Gasteiger partial charge on any atom is -0.486 e. The van der Waals surface area contributed by atoms with Crippen LogP contribution in [0.3, 0.4) is 0 Å². The van der Waals surface area contributed by atoms with Gasteiger partial charge >= 0.3 is 0 Å². The summed E-state index contributed by atoms with van der Waals surface area (Å²) in [5.41, 5.74) is 11.3. The number of nitrogens with zero attached hydrogens (tertiary/aromatic N) is 3. The second-order valence-corrected chi connectivity index (χ2v) is 8.15. The molecule has 3 N–H and O–H groups in total. The number of hydrogen-bond acceptors (Lipinski definition) is 6. The molecule has 0 saturated heterocycles. The van der Waals surface area contributed by atoms with E-state index in [0.717, 1.165) is 22.3 Å². The van der Waals surface area contributed by atoms with Crippen LogP contribution in [0.15, 0.2) is 61.1 Å². The summed E-state index contributed by atoms with van der Waals surface area (Å²) < 4.78 is 12.8. The van der Waals surface area contributed by atoms with Crippen molar-refractivity contribution >= 4 is 17.4 Å². The van der Waals surface area contributed by atoms with Crippen LogP contribution in [0.1, 0.15) is 27.0 Å². The Labute approximate surface area is 202 Å². The average molecular weight is 466 g/mol. The largest absolute Gasteiger partial charge is 0.486 e. The highest BCUT2D eigenvalue weighted by molar-refractivity contribution is 6.04. The van der Waals surface area contributed by atoms with Crippen LogP contribution in [0.25, 0.3) is 11.1 Å². The Bertz CT molecular complexity index is 1500. The quantitative estimate of drug-likeness (QED) is 0.446. The molecule has 0 bridgehead atoms. The smallest absolute Gasteiger partial charge is 0.255 e. The number of ether oxygens (including phenoxy) is 2. The SMILES string of the molecule is Cc1ccc(C(=O)Nc2ccc3c(c2)OCCO3)cc1C#Cc1cc(-c2cnn(C)c2)cnc1N. The Balaban J connectivity index is 1.38. The predicted octanol–water partition coefficient (Wildman–Crippen LogP) is 3.80. The number of nitrogens with two attached hydrogens (primary N) is 1. The van der Waals surface area contributed by atoms with Crippen LogP contribution >= 0.6 is 0 Å². The van der Waals surface area contributed by atoms with Crippen molar-refractivity contribution in [2.24, 2.45) is 7.05 Å². The van der Waals surface area contributed by atoms with Crippen LogP contribution in [0.5, 0.6) is 11.5 Å². The second kappa shape index (κ2) is 9.23. The Morgan fingerprint density at radius 2 is 1.80 bits per heavy atom. The number of rotatable bonds is 3. The molecule has 0 saturated carbocycles. The van der Waals surface area contributed by atoms with E-state index >= 15 is 0 Å². The fourth-order valence-electron chi connectivity index (χ4n) is 3.66. The van der Waals surface area contributed by atoms with Gasteiger partial charge in [0.15, 0.2) is 11.5 Å². The van der Waals surface area contributed by atoms with Gasteiger partial charge in [-0.3, -0.25) is 9.48 Å². The van der Waals surface area contributed by atoms with Gasteiger partial charge in [-0.05, 0) is 42.8 Å². The van der Waals surface area contributed by atoms with E-state index in [1.165, 1.54) is 0 Å². The van der Waals surface area contributed by atoms with E-state index in [-0.39, 0.29) is 5.91 Å². The summed E-state index contributed by atoms with van der Waals surface area (Å²) in [6.45, 7) is 2.94. The van der Waals surface area contributed by atoms with Crippen molar-refractivity contribution in [1.29, 1.82) is 0 Å². The lowest BCUT2D eigenvalue weighted by Gasteiger charge is -2.19. The molecule has 2 aromatic heterocycles. The minimum absolute atomic E-state index is 0.246. The molecule has 5 rings (SSSR count). The number of carbonyl (C=O) groups excluding carboxylic acids is 1. The molecule has 35 heavy (non-hydrogen) atoms. The molecule has 0 atom stereocenters. The molecule has 0 fully saturated rings. The van der Waals surface area contributed by atoms with E-state index in [1.54, 1.807) is 47.4 Å². The first kappa shape index (κ1) is 22.0. The molecular formula is C27H23N5O3. The Morgan fingerprint density at radius 1 is 1.00 bits per heavy atom. The molecule has 0 aliphatic carbocycles. The van der Waals surface area contributed by atoms with Crippen molar-refractivity contribution in [3.05, 3.63) is 83.3 Å². The lowest BCUT2D eigenvalue weighted by molar-refractivity contribution is 0.102. The molecule has 0 unspecified atom stereocenters. The van der Waals surface area contributed by atoms with Gasteiger partial charge in [0, 0.05) is 53.4 Å². The number of nitrogen functional groups attached to an aromatic ring is 1. The third kappa shape index (κ3) is 4.80. The van der Waals surface area contributed by atoms with Crippen LogP contribution in [0.2, 0.25) is 0 Å². The molecule has 174 valence electrons. The number of carbonyl (C=O) groups is 1. The third-order valence-corrected chi connectivity index (χ3v) is 5.59. The number of anilines is 2. The lowest BCUT2D eigenvalue weighted by Crippen LogP contribution is -2.16. The maximum atomic E-state index is 12.9. The van der Waals surface area contributed by atoms with Gasteiger partial charge in [0.05, 0.1) is 11.8 Å². The number of aryl methyl sites for hydroxylation is 2. The van der Waals surface area contributed by atoms with Gasteiger partial charge in [-0.2, -0.15) is 5.10 Å². The predicted molar refractivity (Wildman–Crippen MR) is 133 cm³/mol. The van der Waals surface area contributed by atoms with Crippen LogP contribution < -0.4 is 20.5 Å². The van der Waals surface area contributed by atoms with Gasteiger partial charge in [-0.25, -0.2) is 4.98 Å². The van der Waals surface area contributed by atoms with Gasteiger partial charge in [0.25, 0.3) is 5.91 Å². The van der Waals surface area contributed by atoms with E-state index in [4.69, 9.17) is 15.2 Å². The van der Waals surface area contributed by atoms with Gasteiger partial charge in [0.2, 0.25) is 0 Å². The number of nitrogens with one attached hydrogen (secondary N) is 1. The summed E-state index contributed by atoms with van der Waals surface area (Å²) in [7, 11) is 1.86. The zero-order valence-corrected chi connectivity index (χ0v) is 19.3. The highest BCUT2D eigenvalue weighted by atomic mass is 16.6. The second-order valence-electron chi connectivity index (χ2n) is 8.15. The first-order valence-electron chi connectivity index (χ1n) is 11.0. The summed E-state index contributed by atoms with van der Waals surface area (Å²) in [5.74, 6) is 7.64. The van der Waals surface area contributed by atoms with Crippen molar-refractivity contribution in [2.75, 3.05) is 24.3 Å². The van der Waals surface area contributed by atoms with E-state index in [2.05, 4.69) is 27.2 Å². The molecule has 2 aromatic carbocycles. The van der Waals surface area contributed by atoms with E-state index in [9.17, 15) is 4.79 Å². The topological polar surface area (TPSA) is 104 Å². The van der Waals surface area contributed by atoms with E-state index in [0.29, 0.717) is 47.3 Å². The summed E-state index contributed by atoms with van der Waals surface area (Å²) in [4.78, 5) is 17.2. The monoisotopic (exact) mass is 465 g/mol. The van der Waals surface area contributed by atoms with Gasteiger partial charge in [-0.1, -0.05) is 17.9 Å². The normalized spacial score (nSPS) is 11.9. The Hall–Kier alpha value is -4.77. The highest BCUT2D eigenvalue weighted by Crippen LogP contribution is 2.32. The Morgan fingerprint density at radius 3 is 2.60 bits per heavy atom. The fraction of sp³-hybridized carbons (Fsp3) is 0.148. The molecule has 8 nitrogen and oxygen atoms in total.